The van der Waals surface area contributed by atoms with E-state index in [9.17, 15) is 0 Å². The Balaban J connectivity index is 1.56. The molecule has 19 heavy (non-hydrogen) atoms. The van der Waals surface area contributed by atoms with E-state index in [1.165, 1.54) is 49.6 Å². The molecule has 2 heterocycles. The van der Waals surface area contributed by atoms with Gasteiger partial charge in [0.2, 0.25) is 0 Å². The summed E-state index contributed by atoms with van der Waals surface area (Å²) in [4.78, 5) is 7.29. The Morgan fingerprint density at radius 2 is 2.32 bits per heavy atom. The van der Waals surface area contributed by atoms with Crippen LogP contribution >= 0.6 is 11.3 Å². The van der Waals surface area contributed by atoms with Crippen molar-refractivity contribution in [3.8, 4) is 0 Å². The van der Waals surface area contributed by atoms with Crippen LogP contribution in [0.1, 0.15) is 36.9 Å². The molecule has 3 nitrogen and oxygen atoms in total. The molecule has 0 spiro atoms. The number of rotatable bonds is 5. The average Bonchev–Trinajstić information content (AvgIpc) is 3.19. The highest BCUT2D eigenvalue weighted by Crippen LogP contribution is 2.34. The van der Waals surface area contributed by atoms with Crippen LogP contribution in [0.2, 0.25) is 0 Å². The Morgan fingerprint density at radius 3 is 2.95 bits per heavy atom. The highest BCUT2D eigenvalue weighted by atomic mass is 32.1. The van der Waals surface area contributed by atoms with Crippen LogP contribution < -0.4 is 5.32 Å². The van der Waals surface area contributed by atoms with Crippen LogP contribution in [0.25, 0.3) is 0 Å². The molecule has 106 valence electrons. The van der Waals surface area contributed by atoms with Crippen LogP contribution in [0.15, 0.2) is 5.38 Å². The van der Waals surface area contributed by atoms with Gasteiger partial charge in [-0.15, -0.1) is 11.3 Å². The molecule has 0 radical (unpaired) electrons. The second-order valence-electron chi connectivity index (χ2n) is 6.02. The first-order valence-corrected chi connectivity index (χ1v) is 8.52. The topological polar surface area (TPSA) is 28.2 Å². The lowest BCUT2D eigenvalue weighted by molar-refractivity contribution is 0.120. The molecule has 3 rings (SSSR count). The minimum absolute atomic E-state index is 0.717. The maximum Gasteiger partial charge on any atom is 0.0897 e. The van der Waals surface area contributed by atoms with Crippen LogP contribution in [0, 0.1) is 12.8 Å². The fourth-order valence-corrected chi connectivity index (χ4v) is 3.80. The van der Waals surface area contributed by atoms with E-state index in [0.717, 1.165) is 24.4 Å². The molecule has 0 bridgehead atoms. The van der Waals surface area contributed by atoms with Crippen molar-refractivity contribution in [3.05, 3.63) is 16.1 Å². The van der Waals surface area contributed by atoms with Crippen molar-refractivity contribution in [2.45, 2.75) is 51.6 Å². The van der Waals surface area contributed by atoms with Crippen molar-refractivity contribution in [1.82, 2.24) is 15.2 Å². The van der Waals surface area contributed by atoms with Gasteiger partial charge in [0, 0.05) is 43.5 Å². The first kappa shape index (κ1) is 13.5. The van der Waals surface area contributed by atoms with Gasteiger partial charge < -0.3 is 5.32 Å². The molecule has 1 aromatic rings. The van der Waals surface area contributed by atoms with Gasteiger partial charge in [-0.05, 0) is 32.1 Å². The van der Waals surface area contributed by atoms with E-state index >= 15 is 0 Å². The van der Waals surface area contributed by atoms with E-state index < -0.39 is 0 Å². The van der Waals surface area contributed by atoms with Crippen molar-refractivity contribution >= 4 is 11.3 Å². The minimum atomic E-state index is 0.717. The lowest BCUT2D eigenvalue weighted by atomic mass is 10.0. The second-order valence-corrected chi connectivity index (χ2v) is 7.08. The molecule has 1 aliphatic heterocycles. The smallest absolute Gasteiger partial charge is 0.0897 e. The van der Waals surface area contributed by atoms with E-state index in [-0.39, 0.29) is 0 Å². The Morgan fingerprint density at radius 1 is 1.47 bits per heavy atom. The third kappa shape index (κ3) is 3.36. The van der Waals surface area contributed by atoms with Gasteiger partial charge in [-0.1, -0.05) is 6.92 Å². The van der Waals surface area contributed by atoms with Crippen LogP contribution in [0.5, 0.6) is 0 Å². The monoisotopic (exact) mass is 279 g/mol. The first-order valence-electron chi connectivity index (χ1n) is 7.64. The van der Waals surface area contributed by atoms with Gasteiger partial charge in [0.15, 0.2) is 0 Å². The number of hydrogen-bond donors (Lipinski definition) is 1. The average molecular weight is 279 g/mol. The van der Waals surface area contributed by atoms with Crippen molar-refractivity contribution in [2.24, 2.45) is 5.92 Å². The Bertz CT molecular complexity index is 413. The zero-order valence-corrected chi connectivity index (χ0v) is 12.9. The number of hydrogen-bond acceptors (Lipinski definition) is 4. The number of thiazole rings is 1. The molecule has 0 amide bonds. The summed E-state index contributed by atoms with van der Waals surface area (Å²) in [5, 5.41) is 7.17. The summed E-state index contributed by atoms with van der Waals surface area (Å²) in [6, 6.07) is 1.47. The van der Waals surface area contributed by atoms with Crippen molar-refractivity contribution < 1.29 is 0 Å². The molecule has 1 saturated heterocycles. The molecule has 1 N–H and O–H groups in total. The lowest BCUT2D eigenvalue weighted by Crippen LogP contribution is -2.57. The van der Waals surface area contributed by atoms with E-state index in [4.69, 9.17) is 0 Å². The molecule has 1 aliphatic carbocycles. The van der Waals surface area contributed by atoms with Crippen LogP contribution in [-0.4, -0.2) is 41.6 Å². The number of aromatic nitrogens is 1. The van der Waals surface area contributed by atoms with E-state index in [1.807, 2.05) is 0 Å². The van der Waals surface area contributed by atoms with Crippen LogP contribution in [0.4, 0.5) is 0 Å². The lowest BCUT2D eigenvalue weighted by Gasteiger charge is -2.40. The number of nitrogens with one attached hydrogen (secondary N) is 1. The zero-order chi connectivity index (χ0) is 13.2. The van der Waals surface area contributed by atoms with E-state index in [1.54, 1.807) is 11.3 Å². The Kier molecular flexibility index (Phi) is 4.20. The van der Waals surface area contributed by atoms with Gasteiger partial charge in [0.05, 0.1) is 10.7 Å². The fourth-order valence-electron chi connectivity index (χ4n) is 3.15. The second kappa shape index (κ2) is 5.90. The van der Waals surface area contributed by atoms with E-state index in [2.05, 4.69) is 34.4 Å². The molecule has 1 aromatic heterocycles. The third-order valence-corrected chi connectivity index (χ3v) is 5.37. The molecular weight excluding hydrogens is 254 g/mol. The van der Waals surface area contributed by atoms with Gasteiger partial charge >= 0.3 is 0 Å². The number of nitrogens with zero attached hydrogens (tertiary/aromatic N) is 2. The predicted molar refractivity (Wildman–Crippen MR) is 80.7 cm³/mol. The molecule has 2 fully saturated rings. The van der Waals surface area contributed by atoms with Crippen molar-refractivity contribution in [1.29, 1.82) is 0 Å². The summed E-state index contributed by atoms with van der Waals surface area (Å²) >= 11 is 1.77. The van der Waals surface area contributed by atoms with Gasteiger partial charge in [0.1, 0.15) is 0 Å². The summed E-state index contributed by atoms with van der Waals surface area (Å²) in [5.41, 5.74) is 1.28. The first-order chi connectivity index (χ1) is 9.26. The summed E-state index contributed by atoms with van der Waals surface area (Å²) in [5.74, 6) is 0.960. The number of aryl methyl sites for hydroxylation is 1. The molecule has 2 unspecified atom stereocenters. The molecule has 4 heteroatoms. The van der Waals surface area contributed by atoms with Gasteiger partial charge in [0.25, 0.3) is 0 Å². The summed E-state index contributed by atoms with van der Waals surface area (Å²) < 4.78 is 0. The summed E-state index contributed by atoms with van der Waals surface area (Å²) in [6.45, 7) is 7.99. The molecule has 2 atom stereocenters. The Labute approximate surface area is 120 Å². The van der Waals surface area contributed by atoms with Crippen molar-refractivity contribution in [3.63, 3.8) is 0 Å². The Hall–Kier alpha value is -0.450. The molecular formula is C15H25N3S. The van der Waals surface area contributed by atoms with E-state index in [0.29, 0.717) is 0 Å². The SMILES string of the molecule is CCC1CNC(C2CC2)CN1CCc1csc(C)n1. The highest BCUT2D eigenvalue weighted by Gasteiger charge is 2.36. The molecule has 1 saturated carbocycles. The quantitative estimate of drug-likeness (QED) is 0.897. The van der Waals surface area contributed by atoms with Crippen LogP contribution in [-0.2, 0) is 6.42 Å². The third-order valence-electron chi connectivity index (χ3n) is 4.55. The minimum Gasteiger partial charge on any atom is -0.311 e. The fraction of sp³-hybridized carbons (Fsp3) is 0.800. The predicted octanol–water partition coefficient (Wildman–Crippen LogP) is 2.46. The number of piperazine rings is 1. The maximum absolute atomic E-state index is 4.59. The largest absolute Gasteiger partial charge is 0.311 e. The molecule has 0 aromatic carbocycles. The van der Waals surface area contributed by atoms with Crippen molar-refractivity contribution in [2.75, 3.05) is 19.6 Å². The zero-order valence-electron chi connectivity index (χ0n) is 12.1. The van der Waals surface area contributed by atoms with Crippen LogP contribution in [0.3, 0.4) is 0 Å². The van der Waals surface area contributed by atoms with Gasteiger partial charge in [-0.3, -0.25) is 4.90 Å². The normalized spacial score (nSPS) is 28.7. The van der Waals surface area contributed by atoms with Gasteiger partial charge in [-0.25, -0.2) is 4.98 Å². The molecule has 2 aliphatic rings. The summed E-state index contributed by atoms with van der Waals surface area (Å²) in [6.07, 6.45) is 5.24. The maximum atomic E-state index is 4.59. The van der Waals surface area contributed by atoms with Gasteiger partial charge in [-0.2, -0.15) is 0 Å². The standard InChI is InChI=1S/C15H25N3S/c1-3-14-8-16-15(12-4-5-12)9-18(14)7-6-13-10-19-11(2)17-13/h10,12,14-16H,3-9H2,1-2H3. The highest BCUT2D eigenvalue weighted by molar-refractivity contribution is 7.09. The summed E-state index contributed by atoms with van der Waals surface area (Å²) in [7, 11) is 0.